The first kappa shape index (κ1) is 23.4. The minimum Gasteiger partial charge on any atom is -0.497 e. The van der Waals surface area contributed by atoms with Gasteiger partial charge in [-0.05, 0) is 82.2 Å². The third kappa shape index (κ3) is 4.48. The van der Waals surface area contributed by atoms with Crippen molar-refractivity contribution < 1.29 is 9.47 Å². The topological polar surface area (TPSA) is 42.5 Å². The quantitative estimate of drug-likeness (QED) is 0.231. The average Bonchev–Trinajstić information content (AvgIpc) is 2.98. The second-order valence-corrected chi connectivity index (χ2v) is 9.13. The minimum atomic E-state index is 0.828. The summed E-state index contributed by atoms with van der Waals surface area (Å²) in [5.41, 5.74) is 6.34. The van der Waals surface area contributed by atoms with Gasteiger partial charge in [-0.25, -0.2) is 0 Å². The van der Waals surface area contributed by atoms with Crippen LogP contribution in [-0.4, -0.2) is 14.2 Å². The molecule has 4 heteroatoms. The van der Waals surface area contributed by atoms with Crippen molar-refractivity contribution in [2.24, 2.45) is 0 Å². The highest BCUT2D eigenvalue weighted by Crippen LogP contribution is 2.45. The van der Waals surface area contributed by atoms with Crippen molar-refractivity contribution in [3.05, 3.63) is 121 Å². The summed E-state index contributed by atoms with van der Waals surface area (Å²) in [5, 5.41) is 12.1. The number of methoxy groups -OCH3 is 2. The molecule has 6 rings (SSSR count). The highest BCUT2D eigenvalue weighted by atomic mass is 16.5. The number of anilines is 4. The fourth-order valence-corrected chi connectivity index (χ4v) is 4.95. The van der Waals surface area contributed by atoms with E-state index in [2.05, 4.69) is 83.4 Å². The standard InChI is InChI=1S/C34H28N2O2/c1-37-27-17-13-25(14-18-27)35-31-21-11-23-7-3-5-9-29(23)33(31)34-30-10-6-4-8-24(30)12-22-32(34)36-26-15-19-28(38-2)20-16-26/h3-22,35-36H,1-2H3. The predicted octanol–water partition coefficient (Wildman–Crippen LogP) is 9.16. The van der Waals surface area contributed by atoms with Gasteiger partial charge in [0.15, 0.2) is 0 Å². The van der Waals surface area contributed by atoms with Crippen LogP contribution in [0.1, 0.15) is 0 Å². The Balaban J connectivity index is 1.58. The summed E-state index contributed by atoms with van der Waals surface area (Å²) in [6.07, 6.45) is 0. The Morgan fingerprint density at radius 1 is 0.421 bits per heavy atom. The fraction of sp³-hybridized carbons (Fsp3) is 0.0588. The summed E-state index contributed by atoms with van der Waals surface area (Å²) < 4.78 is 10.7. The zero-order valence-corrected chi connectivity index (χ0v) is 21.4. The van der Waals surface area contributed by atoms with Crippen molar-refractivity contribution in [1.82, 2.24) is 0 Å². The van der Waals surface area contributed by atoms with Gasteiger partial charge < -0.3 is 20.1 Å². The Labute approximate surface area is 222 Å². The summed E-state index contributed by atoms with van der Waals surface area (Å²) in [7, 11) is 3.36. The van der Waals surface area contributed by atoms with E-state index in [0.29, 0.717) is 0 Å². The van der Waals surface area contributed by atoms with E-state index in [1.807, 2.05) is 48.5 Å². The van der Waals surface area contributed by atoms with Gasteiger partial charge in [0, 0.05) is 33.9 Å². The summed E-state index contributed by atoms with van der Waals surface area (Å²) in [6.45, 7) is 0. The number of ether oxygens (including phenoxy) is 2. The molecular weight excluding hydrogens is 468 g/mol. The Kier molecular flexibility index (Phi) is 6.29. The maximum atomic E-state index is 5.36. The molecule has 186 valence electrons. The van der Waals surface area contributed by atoms with E-state index in [-0.39, 0.29) is 0 Å². The summed E-state index contributed by atoms with van der Waals surface area (Å²) in [6, 6.07) is 41.8. The lowest BCUT2D eigenvalue weighted by Gasteiger charge is -2.21. The van der Waals surface area contributed by atoms with Gasteiger partial charge in [0.1, 0.15) is 11.5 Å². The fourth-order valence-electron chi connectivity index (χ4n) is 4.95. The van der Waals surface area contributed by atoms with E-state index in [1.54, 1.807) is 14.2 Å². The largest absolute Gasteiger partial charge is 0.497 e. The maximum Gasteiger partial charge on any atom is 0.119 e. The molecule has 0 saturated heterocycles. The molecule has 0 amide bonds. The molecule has 0 saturated carbocycles. The summed E-state index contributed by atoms with van der Waals surface area (Å²) in [4.78, 5) is 0. The molecule has 0 aliphatic rings. The number of fused-ring (bicyclic) bond motifs is 2. The van der Waals surface area contributed by atoms with Crippen LogP contribution >= 0.6 is 0 Å². The molecule has 0 unspecified atom stereocenters. The third-order valence-corrected chi connectivity index (χ3v) is 6.85. The lowest BCUT2D eigenvalue weighted by atomic mass is 9.90. The summed E-state index contributed by atoms with van der Waals surface area (Å²) in [5.74, 6) is 1.66. The number of nitrogens with one attached hydrogen (secondary N) is 2. The first-order valence-corrected chi connectivity index (χ1v) is 12.6. The molecule has 0 spiro atoms. The molecule has 38 heavy (non-hydrogen) atoms. The van der Waals surface area contributed by atoms with Crippen LogP contribution in [0.2, 0.25) is 0 Å². The smallest absolute Gasteiger partial charge is 0.119 e. The van der Waals surface area contributed by atoms with Crippen LogP contribution < -0.4 is 20.1 Å². The maximum absolute atomic E-state index is 5.36. The lowest BCUT2D eigenvalue weighted by Crippen LogP contribution is -1.99. The molecule has 0 atom stereocenters. The molecule has 0 aliphatic heterocycles. The Morgan fingerprint density at radius 3 is 1.21 bits per heavy atom. The van der Waals surface area contributed by atoms with Crippen molar-refractivity contribution in [3.8, 4) is 22.6 Å². The first-order valence-electron chi connectivity index (χ1n) is 12.6. The molecule has 0 aliphatic carbocycles. The molecule has 0 radical (unpaired) electrons. The SMILES string of the molecule is COc1ccc(Nc2ccc3ccccc3c2-c2c(Nc3ccc(OC)cc3)ccc3ccccc23)cc1. The van der Waals surface area contributed by atoms with Crippen molar-refractivity contribution in [2.75, 3.05) is 24.9 Å². The van der Waals surface area contributed by atoms with E-state index >= 15 is 0 Å². The second-order valence-electron chi connectivity index (χ2n) is 9.13. The van der Waals surface area contributed by atoms with Gasteiger partial charge in [0.2, 0.25) is 0 Å². The zero-order chi connectivity index (χ0) is 25.9. The van der Waals surface area contributed by atoms with E-state index in [1.165, 1.54) is 21.5 Å². The molecule has 4 nitrogen and oxygen atoms in total. The zero-order valence-electron chi connectivity index (χ0n) is 21.4. The lowest BCUT2D eigenvalue weighted by molar-refractivity contribution is 0.415. The van der Waals surface area contributed by atoms with Crippen LogP contribution in [0.15, 0.2) is 121 Å². The molecule has 0 heterocycles. The van der Waals surface area contributed by atoms with Crippen molar-refractivity contribution >= 4 is 44.3 Å². The third-order valence-electron chi connectivity index (χ3n) is 6.85. The number of rotatable bonds is 7. The Hall–Kier alpha value is -4.96. The van der Waals surface area contributed by atoms with Gasteiger partial charge in [-0.3, -0.25) is 0 Å². The van der Waals surface area contributed by atoms with Gasteiger partial charge in [-0.15, -0.1) is 0 Å². The van der Waals surface area contributed by atoms with E-state index in [9.17, 15) is 0 Å². The molecule has 0 aromatic heterocycles. The molecule has 0 bridgehead atoms. The van der Waals surface area contributed by atoms with Crippen molar-refractivity contribution in [3.63, 3.8) is 0 Å². The predicted molar refractivity (Wildman–Crippen MR) is 159 cm³/mol. The highest BCUT2D eigenvalue weighted by Gasteiger charge is 2.18. The van der Waals surface area contributed by atoms with E-state index < -0.39 is 0 Å². The average molecular weight is 497 g/mol. The van der Waals surface area contributed by atoms with E-state index in [0.717, 1.165) is 45.4 Å². The van der Waals surface area contributed by atoms with Crippen LogP contribution in [0.5, 0.6) is 11.5 Å². The van der Waals surface area contributed by atoms with Gasteiger partial charge >= 0.3 is 0 Å². The molecular formula is C34H28N2O2. The second kappa shape index (κ2) is 10.2. The van der Waals surface area contributed by atoms with Crippen LogP contribution in [0.4, 0.5) is 22.7 Å². The van der Waals surface area contributed by atoms with Gasteiger partial charge in [0.25, 0.3) is 0 Å². The van der Waals surface area contributed by atoms with E-state index in [4.69, 9.17) is 9.47 Å². The van der Waals surface area contributed by atoms with Gasteiger partial charge in [-0.1, -0.05) is 60.7 Å². The van der Waals surface area contributed by atoms with Gasteiger partial charge in [0.05, 0.1) is 14.2 Å². The van der Waals surface area contributed by atoms with Crippen LogP contribution in [0.25, 0.3) is 32.7 Å². The first-order chi connectivity index (χ1) is 18.7. The molecule has 6 aromatic rings. The monoisotopic (exact) mass is 496 g/mol. The molecule has 6 aromatic carbocycles. The number of benzene rings is 6. The molecule has 0 fully saturated rings. The van der Waals surface area contributed by atoms with Crippen LogP contribution in [0.3, 0.4) is 0 Å². The Bertz CT molecular complexity index is 1590. The van der Waals surface area contributed by atoms with Crippen LogP contribution in [-0.2, 0) is 0 Å². The Morgan fingerprint density at radius 2 is 0.816 bits per heavy atom. The minimum absolute atomic E-state index is 0.828. The van der Waals surface area contributed by atoms with Crippen LogP contribution in [0, 0.1) is 0 Å². The normalized spacial score (nSPS) is 10.9. The molecule has 2 N–H and O–H groups in total. The van der Waals surface area contributed by atoms with Crippen molar-refractivity contribution in [2.45, 2.75) is 0 Å². The number of hydrogen-bond acceptors (Lipinski definition) is 4. The van der Waals surface area contributed by atoms with Gasteiger partial charge in [-0.2, -0.15) is 0 Å². The van der Waals surface area contributed by atoms with Crippen molar-refractivity contribution in [1.29, 1.82) is 0 Å². The highest BCUT2D eigenvalue weighted by molar-refractivity contribution is 6.14. The number of hydrogen-bond donors (Lipinski definition) is 2. The summed E-state index contributed by atoms with van der Waals surface area (Å²) >= 11 is 0.